The van der Waals surface area contributed by atoms with Crippen LogP contribution in [0.2, 0.25) is 0 Å². The van der Waals surface area contributed by atoms with Crippen molar-refractivity contribution in [1.29, 1.82) is 0 Å². The van der Waals surface area contributed by atoms with E-state index >= 15 is 0 Å². The van der Waals surface area contributed by atoms with E-state index in [1.54, 1.807) is 0 Å². The molecule has 1 aromatic carbocycles. The van der Waals surface area contributed by atoms with E-state index in [1.165, 1.54) is 18.2 Å². The quantitative estimate of drug-likeness (QED) is 0.822. The SMILES string of the molecule is OCC1(Cc2c(F)cccc2F)CCCN1. The summed E-state index contributed by atoms with van der Waals surface area (Å²) in [5.74, 6) is -1.08. The lowest BCUT2D eigenvalue weighted by molar-refractivity contribution is 0.175. The van der Waals surface area contributed by atoms with Gasteiger partial charge in [-0.3, -0.25) is 0 Å². The predicted molar refractivity (Wildman–Crippen MR) is 57.1 cm³/mol. The number of benzene rings is 1. The minimum atomic E-state index is -0.553. The standard InChI is InChI=1S/C12H15F2NO/c13-10-3-1-4-11(14)9(10)7-12(8-16)5-2-6-15-12/h1,3-4,15-16H,2,5-8H2. The lowest BCUT2D eigenvalue weighted by Gasteiger charge is -2.27. The summed E-state index contributed by atoms with van der Waals surface area (Å²) in [4.78, 5) is 0. The van der Waals surface area contributed by atoms with Gasteiger partial charge in [-0.1, -0.05) is 6.07 Å². The van der Waals surface area contributed by atoms with Crippen molar-refractivity contribution in [3.05, 3.63) is 35.4 Å². The van der Waals surface area contributed by atoms with Crippen molar-refractivity contribution in [2.75, 3.05) is 13.2 Å². The molecule has 4 heteroatoms. The number of aliphatic hydroxyl groups is 1. The number of rotatable bonds is 3. The van der Waals surface area contributed by atoms with Crippen molar-refractivity contribution < 1.29 is 13.9 Å². The number of hydrogen-bond acceptors (Lipinski definition) is 2. The molecule has 2 rings (SSSR count). The van der Waals surface area contributed by atoms with Gasteiger partial charge in [0.2, 0.25) is 0 Å². The minimum absolute atomic E-state index is 0.0611. The lowest BCUT2D eigenvalue weighted by Crippen LogP contribution is -2.45. The van der Waals surface area contributed by atoms with Crippen molar-refractivity contribution in [3.63, 3.8) is 0 Å². The van der Waals surface area contributed by atoms with Gasteiger partial charge in [-0.05, 0) is 37.9 Å². The molecule has 0 spiro atoms. The summed E-state index contributed by atoms with van der Waals surface area (Å²) in [7, 11) is 0. The van der Waals surface area contributed by atoms with Crippen LogP contribution >= 0.6 is 0 Å². The summed E-state index contributed by atoms with van der Waals surface area (Å²) in [5.41, 5.74) is -0.491. The summed E-state index contributed by atoms with van der Waals surface area (Å²) in [6, 6.07) is 3.85. The molecule has 0 saturated carbocycles. The van der Waals surface area contributed by atoms with E-state index < -0.39 is 17.2 Å². The van der Waals surface area contributed by atoms with Crippen LogP contribution < -0.4 is 5.32 Å². The second kappa shape index (κ2) is 4.47. The predicted octanol–water partition coefficient (Wildman–Crippen LogP) is 1.62. The molecule has 2 N–H and O–H groups in total. The van der Waals surface area contributed by atoms with E-state index in [9.17, 15) is 13.9 Å². The third-order valence-electron chi connectivity index (χ3n) is 3.21. The first-order valence-electron chi connectivity index (χ1n) is 5.46. The van der Waals surface area contributed by atoms with Crippen LogP contribution in [0.4, 0.5) is 8.78 Å². The van der Waals surface area contributed by atoms with Gasteiger partial charge in [0.15, 0.2) is 0 Å². The minimum Gasteiger partial charge on any atom is -0.394 e. The Morgan fingerprint density at radius 3 is 2.50 bits per heavy atom. The third-order valence-corrected chi connectivity index (χ3v) is 3.21. The fourth-order valence-corrected chi connectivity index (χ4v) is 2.25. The lowest BCUT2D eigenvalue weighted by atomic mass is 9.89. The van der Waals surface area contributed by atoms with Crippen molar-refractivity contribution in [2.45, 2.75) is 24.8 Å². The number of nitrogens with one attached hydrogen (secondary N) is 1. The maximum Gasteiger partial charge on any atom is 0.129 e. The maximum atomic E-state index is 13.5. The highest BCUT2D eigenvalue weighted by Crippen LogP contribution is 2.26. The highest BCUT2D eigenvalue weighted by molar-refractivity contribution is 5.23. The molecule has 1 atom stereocenters. The average Bonchev–Trinajstić information content (AvgIpc) is 2.73. The van der Waals surface area contributed by atoms with Crippen molar-refractivity contribution in [2.24, 2.45) is 0 Å². The van der Waals surface area contributed by atoms with Crippen LogP contribution in [-0.4, -0.2) is 23.8 Å². The van der Waals surface area contributed by atoms with Crippen LogP contribution in [0, 0.1) is 11.6 Å². The second-order valence-electron chi connectivity index (χ2n) is 4.35. The Morgan fingerprint density at radius 1 is 1.31 bits per heavy atom. The molecule has 0 radical (unpaired) electrons. The zero-order valence-corrected chi connectivity index (χ0v) is 8.97. The molecule has 1 unspecified atom stereocenters. The Labute approximate surface area is 93.3 Å². The van der Waals surface area contributed by atoms with Gasteiger partial charge in [0.25, 0.3) is 0 Å². The van der Waals surface area contributed by atoms with Gasteiger partial charge in [-0.15, -0.1) is 0 Å². The molecular weight excluding hydrogens is 212 g/mol. The fourth-order valence-electron chi connectivity index (χ4n) is 2.25. The Morgan fingerprint density at radius 2 is 2.00 bits per heavy atom. The topological polar surface area (TPSA) is 32.3 Å². The normalized spacial score (nSPS) is 24.9. The number of hydrogen-bond donors (Lipinski definition) is 2. The molecule has 1 aliphatic heterocycles. The van der Waals surface area contributed by atoms with Gasteiger partial charge >= 0.3 is 0 Å². The molecule has 1 saturated heterocycles. The third kappa shape index (κ3) is 2.08. The summed E-state index contributed by atoms with van der Waals surface area (Å²) >= 11 is 0. The summed E-state index contributed by atoms with van der Waals surface area (Å²) in [6.07, 6.45) is 1.87. The molecule has 0 amide bonds. The second-order valence-corrected chi connectivity index (χ2v) is 4.35. The van der Waals surface area contributed by atoms with Crippen LogP contribution in [0.25, 0.3) is 0 Å². The molecule has 1 heterocycles. The van der Waals surface area contributed by atoms with Gasteiger partial charge in [-0.2, -0.15) is 0 Å². The first-order chi connectivity index (χ1) is 7.67. The highest BCUT2D eigenvalue weighted by Gasteiger charge is 2.34. The zero-order valence-electron chi connectivity index (χ0n) is 8.97. The van der Waals surface area contributed by atoms with E-state index in [4.69, 9.17) is 0 Å². The maximum absolute atomic E-state index is 13.5. The monoisotopic (exact) mass is 227 g/mol. The van der Waals surface area contributed by atoms with Crippen LogP contribution in [0.5, 0.6) is 0 Å². The van der Waals surface area contributed by atoms with Crippen LogP contribution in [0.1, 0.15) is 18.4 Å². The summed E-state index contributed by atoms with van der Waals surface area (Å²) in [6.45, 7) is 0.692. The van der Waals surface area contributed by atoms with Crippen molar-refractivity contribution >= 4 is 0 Å². The van der Waals surface area contributed by atoms with Crippen LogP contribution in [-0.2, 0) is 6.42 Å². The molecule has 1 aliphatic rings. The molecule has 16 heavy (non-hydrogen) atoms. The Bertz CT molecular complexity index is 355. The van der Waals surface area contributed by atoms with E-state index in [-0.39, 0.29) is 18.6 Å². The largest absolute Gasteiger partial charge is 0.394 e. The molecule has 2 nitrogen and oxygen atoms in total. The zero-order chi connectivity index (χ0) is 11.6. The van der Waals surface area contributed by atoms with E-state index in [0.717, 1.165) is 19.4 Å². The van der Waals surface area contributed by atoms with Crippen molar-refractivity contribution in [3.8, 4) is 0 Å². The highest BCUT2D eigenvalue weighted by atomic mass is 19.1. The number of aliphatic hydroxyl groups excluding tert-OH is 1. The summed E-state index contributed by atoms with van der Waals surface area (Å²) in [5, 5.41) is 12.5. The fraction of sp³-hybridized carbons (Fsp3) is 0.500. The molecule has 88 valence electrons. The molecule has 1 aromatic rings. The Balaban J connectivity index is 2.25. The Hall–Kier alpha value is -1.00. The van der Waals surface area contributed by atoms with E-state index in [0.29, 0.717) is 0 Å². The first kappa shape index (κ1) is 11.5. The van der Waals surface area contributed by atoms with Crippen LogP contribution in [0.15, 0.2) is 18.2 Å². The van der Waals surface area contributed by atoms with Gasteiger partial charge in [-0.25, -0.2) is 8.78 Å². The van der Waals surface area contributed by atoms with Gasteiger partial charge in [0.1, 0.15) is 11.6 Å². The average molecular weight is 227 g/mol. The van der Waals surface area contributed by atoms with Crippen LogP contribution in [0.3, 0.4) is 0 Å². The summed E-state index contributed by atoms with van der Waals surface area (Å²) < 4.78 is 26.9. The molecule has 0 bridgehead atoms. The first-order valence-corrected chi connectivity index (χ1v) is 5.46. The molecule has 0 aromatic heterocycles. The van der Waals surface area contributed by atoms with Gasteiger partial charge in [0, 0.05) is 11.1 Å². The molecule has 0 aliphatic carbocycles. The van der Waals surface area contributed by atoms with Crippen molar-refractivity contribution in [1.82, 2.24) is 5.32 Å². The number of halogens is 2. The van der Waals surface area contributed by atoms with E-state index in [2.05, 4.69) is 5.32 Å². The Kier molecular flexibility index (Phi) is 3.21. The van der Waals surface area contributed by atoms with E-state index in [1.807, 2.05) is 0 Å². The van der Waals surface area contributed by atoms with Gasteiger partial charge in [0.05, 0.1) is 6.61 Å². The molecule has 1 fully saturated rings. The molecular formula is C12H15F2NO. The smallest absolute Gasteiger partial charge is 0.129 e. The van der Waals surface area contributed by atoms with Gasteiger partial charge < -0.3 is 10.4 Å².